The summed E-state index contributed by atoms with van der Waals surface area (Å²) in [4.78, 5) is 30.0. The third-order valence-electron chi connectivity index (χ3n) is 26.7. The van der Waals surface area contributed by atoms with Gasteiger partial charge in [0.1, 0.15) is 134 Å². The fraction of sp³-hybridized carbons (Fsp3) is 0.942. The minimum Gasteiger partial charge on any atom is -0.549 e. The number of hydrogen-bond acceptors (Lipinski definition) is 37. The first-order valence-corrected chi connectivity index (χ1v) is 36.6. The Labute approximate surface area is 609 Å². The van der Waals surface area contributed by atoms with Crippen molar-refractivity contribution in [3.05, 3.63) is 11.6 Å². The molecule has 41 atom stereocenters. The first-order valence-electron chi connectivity index (χ1n) is 36.6. The molecular weight excluding hydrogens is 1420 g/mol. The van der Waals surface area contributed by atoms with Gasteiger partial charge in [0.15, 0.2) is 43.8 Å². The summed E-state index contributed by atoms with van der Waals surface area (Å²) in [6, 6.07) is 0. The number of hydrogen-bond donors (Lipinski definition) is 20. The topological polar surface area (TPSA) is 591 Å². The lowest BCUT2D eigenvalue weighted by Crippen LogP contribution is -2.72. The highest BCUT2D eigenvalue weighted by Gasteiger charge is 2.73. The molecule has 0 radical (unpaired) electrons. The highest BCUT2D eigenvalue weighted by Crippen LogP contribution is 2.76. The number of carbonyl (C=O) groups excluding carboxylic acids is 2. The van der Waals surface area contributed by atoms with Crippen LogP contribution in [0.5, 0.6) is 0 Å². The van der Waals surface area contributed by atoms with Crippen LogP contribution in [0, 0.1) is 50.2 Å². The number of fused-ring (bicyclic) bond motifs is 7. The van der Waals surface area contributed by atoms with Gasteiger partial charge in [-0.05, 0) is 104 Å². The van der Waals surface area contributed by atoms with Crippen molar-refractivity contribution >= 4 is 11.9 Å². The molecule has 7 aliphatic heterocycles. The monoisotopic (exact) mass is 1530 g/mol. The van der Waals surface area contributed by atoms with Crippen LogP contribution in [0.2, 0.25) is 0 Å². The van der Waals surface area contributed by atoms with Crippen LogP contribution in [0.25, 0.3) is 0 Å². The predicted molar refractivity (Wildman–Crippen MR) is 342 cm³/mol. The Morgan fingerprint density at radius 3 is 1.59 bits per heavy atom. The molecule has 4 saturated carbocycles. The molecule has 0 aromatic rings. The molecule has 7 saturated heterocycles. The molecule has 37 heteroatoms. The van der Waals surface area contributed by atoms with Crippen molar-refractivity contribution in [3.8, 4) is 0 Å². The first kappa shape index (κ1) is 82.8. The van der Waals surface area contributed by atoms with E-state index in [-0.39, 0.29) is 30.6 Å². The second-order valence-electron chi connectivity index (χ2n) is 33.4. The summed E-state index contributed by atoms with van der Waals surface area (Å²) in [6.07, 6.45) is -53.6. The van der Waals surface area contributed by atoms with Crippen LogP contribution in [-0.4, -0.2) is 363 Å². The van der Waals surface area contributed by atoms with Crippen molar-refractivity contribution < 1.29 is 183 Å². The predicted octanol–water partition coefficient (Wildman–Crippen LogP) is -8.92. The van der Waals surface area contributed by atoms with Gasteiger partial charge in [0.25, 0.3) is 0 Å². The van der Waals surface area contributed by atoms with Crippen LogP contribution in [0.15, 0.2) is 11.6 Å². The van der Waals surface area contributed by atoms with Crippen molar-refractivity contribution in [3.63, 3.8) is 0 Å². The van der Waals surface area contributed by atoms with Gasteiger partial charge in [0.2, 0.25) is 6.29 Å². The van der Waals surface area contributed by atoms with Gasteiger partial charge in [0, 0.05) is 5.41 Å². The summed E-state index contributed by atoms with van der Waals surface area (Å²) in [5.74, 6) is -4.11. The average Bonchev–Trinajstić information content (AvgIpc) is 0.782. The van der Waals surface area contributed by atoms with E-state index >= 15 is 4.79 Å². The third-order valence-corrected chi connectivity index (χ3v) is 26.7. The van der Waals surface area contributed by atoms with E-state index in [1.165, 1.54) is 13.8 Å². The van der Waals surface area contributed by atoms with Crippen LogP contribution >= 0.6 is 0 Å². The maximum absolute atomic E-state index is 15.7. The van der Waals surface area contributed by atoms with Gasteiger partial charge in [-0.1, -0.05) is 53.2 Å². The number of esters is 1. The molecule has 0 aromatic heterocycles. The maximum atomic E-state index is 15.7. The van der Waals surface area contributed by atoms with Gasteiger partial charge in [-0.15, -0.1) is 0 Å². The van der Waals surface area contributed by atoms with Crippen molar-refractivity contribution in [2.24, 2.45) is 50.2 Å². The Morgan fingerprint density at radius 1 is 0.500 bits per heavy atom. The molecule has 2 unspecified atom stereocenters. The molecule has 5 aliphatic carbocycles. The molecule has 608 valence electrons. The lowest BCUT2D eigenvalue weighted by atomic mass is 9.33. The Morgan fingerprint density at radius 2 is 1.01 bits per heavy atom. The highest BCUT2D eigenvalue weighted by molar-refractivity contribution is 5.79. The van der Waals surface area contributed by atoms with Crippen LogP contribution in [0.1, 0.15) is 106 Å². The summed E-state index contributed by atoms with van der Waals surface area (Å²) in [5, 5.41) is 234. The molecule has 0 bridgehead atoms. The van der Waals surface area contributed by atoms with Crippen LogP contribution in [0.4, 0.5) is 0 Å². The molecule has 12 aliphatic rings. The third kappa shape index (κ3) is 14.0. The van der Waals surface area contributed by atoms with Crippen LogP contribution in [-0.2, 0) is 75.9 Å². The van der Waals surface area contributed by atoms with Crippen molar-refractivity contribution in [1.82, 2.24) is 0 Å². The standard InChI is InChI=1S/C69H110O37/c1-25-47(100-54-44(85)36(77)29(75)21-93-54)48(101-60-52(88)69(92,23-73)24-95-60)46(87)56(96-25)102-49-37(78)30(76)22-94-57(49)106-62(91)68-14-12-63(2,3)16-27(68)26-8-9-34-64(4)17-28(74)53(67(7,61(89)90)35(64)10-11-66(34,6)65(26,5)13-15-68)105-59-51(43(84)40(81)33(20-72)99-59)104-58-50(42(83)39(80)32(19-71)98-58)103-55-45(86)41(82)38(79)31(18-70)97-55/h8,25,27-60,70-88,92H,9-24H2,1-7H3,(H,89,90)/p-1/t25-,27-,28-,29+,30-,31+,32+,33+,34?,35?,36-,37-,38+,39+,40+,41-,42-,43-,44+,45+,46+,47-,48-,49+,50+,51+,52-,53-,54-,55-,56-,57-,58-,59-,60-,64+,65+,66+,67-,68-,69+/m0/s1. The Balaban J connectivity index is 0.795. The Bertz CT molecular complexity index is 3080. The van der Waals surface area contributed by atoms with Crippen molar-refractivity contribution in [2.45, 2.75) is 308 Å². The number of aliphatic carboxylic acids is 1. The fourth-order valence-electron chi connectivity index (χ4n) is 20.1. The zero-order chi connectivity index (χ0) is 77.4. The smallest absolute Gasteiger partial charge is 0.315 e. The van der Waals surface area contributed by atoms with Gasteiger partial charge in [-0.3, -0.25) is 4.79 Å². The number of carboxylic acid groups (broad SMARTS) is 1. The van der Waals surface area contributed by atoms with E-state index in [2.05, 4.69) is 33.8 Å². The number of allylic oxidation sites excluding steroid dienone is 2. The van der Waals surface area contributed by atoms with E-state index in [9.17, 15) is 112 Å². The van der Waals surface area contributed by atoms with Crippen molar-refractivity contribution in [2.75, 3.05) is 46.2 Å². The van der Waals surface area contributed by atoms with E-state index in [1.54, 1.807) is 0 Å². The maximum Gasteiger partial charge on any atom is 0.315 e. The quantitative estimate of drug-likeness (QED) is 0.0324. The molecule has 0 spiro atoms. The number of ether oxygens (including phenoxy) is 14. The first-order chi connectivity index (χ1) is 49.7. The van der Waals surface area contributed by atoms with Crippen LogP contribution in [0.3, 0.4) is 0 Å². The Kier molecular flexibility index (Phi) is 24.2. The minimum absolute atomic E-state index is 0.105. The summed E-state index contributed by atoms with van der Waals surface area (Å²) in [7, 11) is 0. The summed E-state index contributed by atoms with van der Waals surface area (Å²) >= 11 is 0. The fourth-order valence-corrected chi connectivity index (χ4v) is 20.1. The van der Waals surface area contributed by atoms with Gasteiger partial charge in [-0.2, -0.15) is 0 Å². The number of rotatable bonds is 19. The van der Waals surface area contributed by atoms with E-state index in [1.807, 2.05) is 6.92 Å². The molecule has 12 rings (SSSR count). The van der Waals surface area contributed by atoms with Gasteiger partial charge in [-0.25, -0.2) is 0 Å². The molecule has 0 aromatic carbocycles. The second kappa shape index (κ2) is 30.9. The number of carboxylic acids is 1. The molecule has 7 heterocycles. The second-order valence-corrected chi connectivity index (χ2v) is 33.4. The van der Waals surface area contributed by atoms with E-state index in [4.69, 9.17) is 66.3 Å². The van der Waals surface area contributed by atoms with Gasteiger partial charge in [0.05, 0.1) is 75.9 Å². The van der Waals surface area contributed by atoms with Crippen molar-refractivity contribution in [1.29, 1.82) is 0 Å². The summed E-state index contributed by atoms with van der Waals surface area (Å²) < 4.78 is 84.0. The summed E-state index contributed by atoms with van der Waals surface area (Å²) in [5.41, 5.74) is -7.45. The molecule has 106 heavy (non-hydrogen) atoms. The van der Waals surface area contributed by atoms with E-state index in [0.717, 1.165) is 5.57 Å². The van der Waals surface area contributed by atoms with Gasteiger partial charge >= 0.3 is 5.97 Å². The molecule has 11 fully saturated rings. The van der Waals surface area contributed by atoms with Gasteiger partial charge < -0.3 is 178 Å². The number of aliphatic hydroxyl groups excluding tert-OH is 19. The molecule has 0 amide bonds. The van der Waals surface area contributed by atoms with E-state index < -0.39 is 299 Å². The average molecular weight is 1530 g/mol. The normalized spacial score (nSPS) is 54.6. The number of aliphatic hydroxyl groups is 20. The Hall–Kier alpha value is -2.64. The largest absolute Gasteiger partial charge is 0.549 e. The molecule has 20 N–H and O–H groups in total. The number of carbonyl (C=O) groups is 2. The molecular formula is C69H109O37-. The minimum atomic E-state index is -2.21. The SMILES string of the molecule is C[C@@H]1O[C@@H](O[C@H]2[C@H](OC(=O)[C@]34CCC(C)(C)C[C@H]3C3=CCC5[C@@]6(C)C[C@H](O)[C@H](O[C@@H]7O[C@H](CO)[C@@H](O)[C@H](O)[C@H]7O[C@@H]7O[C@H](CO)[C@@H](O)[C@H](O)[C@H]7O[C@@H]7O[C@H](CO)[C@@H](O)[C@H](O)[C@H]7O)[C@@](C)(C(=O)[O-])C6CC[C@@]5(C)[C@]3(C)CC4)OC[C@H](O)[C@@H]2O)[C@H](O)[C@H](O[C@@H]2OC[C@](O)(CO)[C@H]2O)[C@H]1O[C@@H]1OC[C@@H](O)[C@H](O)[C@H]1O. The zero-order valence-corrected chi connectivity index (χ0v) is 60.0. The highest BCUT2D eigenvalue weighted by atomic mass is 16.8. The summed E-state index contributed by atoms with van der Waals surface area (Å²) in [6.45, 7) is 7.75. The lowest BCUT2D eigenvalue weighted by molar-refractivity contribution is -0.403. The van der Waals surface area contributed by atoms with Crippen LogP contribution < -0.4 is 5.11 Å². The van der Waals surface area contributed by atoms with E-state index in [0.29, 0.717) is 38.5 Å². The lowest BCUT2D eigenvalue weighted by Gasteiger charge is -2.72. The zero-order valence-electron chi connectivity index (χ0n) is 60.0. The molecule has 37 nitrogen and oxygen atoms in total.